The lowest BCUT2D eigenvalue weighted by atomic mass is 10.2. The van der Waals surface area contributed by atoms with E-state index in [1.165, 1.54) is 6.07 Å². The Labute approximate surface area is 172 Å². The van der Waals surface area contributed by atoms with Crippen LogP contribution < -0.4 is 4.90 Å². The van der Waals surface area contributed by atoms with Crippen LogP contribution >= 0.6 is 11.6 Å². The summed E-state index contributed by atoms with van der Waals surface area (Å²) in [7, 11) is 0. The summed E-state index contributed by atoms with van der Waals surface area (Å²) in [6, 6.07) is 2.20. The molecule has 3 aliphatic heterocycles. The summed E-state index contributed by atoms with van der Waals surface area (Å²) >= 11 is 5.77. The van der Waals surface area contributed by atoms with Crippen LogP contribution in [-0.2, 0) is 6.67 Å². The van der Waals surface area contributed by atoms with Crippen molar-refractivity contribution in [3.63, 3.8) is 0 Å². The molecule has 1 saturated heterocycles. The van der Waals surface area contributed by atoms with Crippen molar-refractivity contribution in [2.75, 3.05) is 11.4 Å². The van der Waals surface area contributed by atoms with Crippen LogP contribution in [0.15, 0.2) is 30.2 Å². The van der Waals surface area contributed by atoms with E-state index in [0.717, 1.165) is 42.8 Å². The monoisotopic (exact) mass is 418 g/mol. The molecule has 0 bridgehead atoms. The third kappa shape index (κ3) is 2.88. The third-order valence-electron chi connectivity index (χ3n) is 5.63. The van der Waals surface area contributed by atoms with E-state index in [1.54, 1.807) is 4.90 Å². The molecule has 152 valence electrons. The van der Waals surface area contributed by atoms with Crippen molar-refractivity contribution in [3.8, 4) is 0 Å². The maximum Gasteiger partial charge on any atom is 0.186 e. The number of rotatable bonds is 3. The molecule has 0 aliphatic carbocycles. The average molecular weight is 419 g/mol. The number of benzene rings is 1. The largest absolute Gasteiger partial charge is 0.336 e. The number of anilines is 1. The zero-order chi connectivity index (χ0) is 20.3. The minimum atomic E-state index is -0.635. The molecule has 1 aromatic heterocycles. The Kier molecular flexibility index (Phi) is 4.27. The van der Waals surface area contributed by atoms with Crippen LogP contribution in [0.4, 0.5) is 14.5 Å². The fraction of sp³-hybridized carbons (Fsp3) is 0.400. The van der Waals surface area contributed by atoms with Gasteiger partial charge in [-0.3, -0.25) is 4.57 Å². The Morgan fingerprint density at radius 3 is 2.79 bits per heavy atom. The standard InChI is InChI=1S/C20H21ClF2N6/c1-12(2)19-25-24-18-5-7-26(11-29(18)19)20-27-6-3-4-13(27)10-28(20)17-9-15(22)14(21)8-16(17)23/h5,7-10,12,20H,3-4,6,11H2,1-2H3. The molecule has 9 heteroatoms. The highest BCUT2D eigenvalue weighted by atomic mass is 35.5. The maximum absolute atomic E-state index is 14.8. The van der Waals surface area contributed by atoms with Crippen LogP contribution in [0.5, 0.6) is 0 Å². The maximum atomic E-state index is 14.8. The van der Waals surface area contributed by atoms with Crippen molar-refractivity contribution in [3.05, 3.63) is 58.5 Å². The van der Waals surface area contributed by atoms with Crippen LogP contribution in [0.2, 0.25) is 5.02 Å². The molecule has 1 unspecified atom stereocenters. The highest BCUT2D eigenvalue weighted by Gasteiger charge is 2.40. The molecule has 1 aromatic carbocycles. The zero-order valence-electron chi connectivity index (χ0n) is 16.2. The van der Waals surface area contributed by atoms with E-state index in [9.17, 15) is 8.78 Å². The highest BCUT2D eigenvalue weighted by Crippen LogP contribution is 2.39. The number of allylic oxidation sites excluding steroid dienone is 1. The van der Waals surface area contributed by atoms with Crippen molar-refractivity contribution in [2.24, 2.45) is 0 Å². The van der Waals surface area contributed by atoms with Gasteiger partial charge >= 0.3 is 0 Å². The van der Waals surface area contributed by atoms with Gasteiger partial charge < -0.3 is 14.7 Å². The van der Waals surface area contributed by atoms with E-state index in [4.69, 9.17) is 11.6 Å². The normalized spacial score (nSPS) is 20.6. The molecule has 0 spiro atoms. The van der Waals surface area contributed by atoms with E-state index in [2.05, 4.69) is 38.4 Å². The number of halogens is 3. The number of nitrogens with zero attached hydrogens (tertiary/aromatic N) is 6. The van der Waals surface area contributed by atoms with Gasteiger partial charge in [-0.15, -0.1) is 10.2 Å². The van der Waals surface area contributed by atoms with Crippen LogP contribution in [0.3, 0.4) is 0 Å². The zero-order valence-corrected chi connectivity index (χ0v) is 16.9. The van der Waals surface area contributed by atoms with Gasteiger partial charge in [0.1, 0.15) is 24.1 Å². The predicted octanol–water partition coefficient (Wildman–Crippen LogP) is 4.32. The molecular formula is C20H21ClF2N6. The van der Waals surface area contributed by atoms with Gasteiger partial charge in [0.15, 0.2) is 12.1 Å². The molecule has 0 N–H and O–H groups in total. The first kappa shape index (κ1) is 18.4. The Balaban J connectivity index is 1.54. The van der Waals surface area contributed by atoms with Gasteiger partial charge in [-0.2, -0.15) is 0 Å². The van der Waals surface area contributed by atoms with E-state index in [1.807, 2.05) is 18.5 Å². The Hall–Kier alpha value is -2.61. The molecule has 2 aromatic rings. The van der Waals surface area contributed by atoms with Crippen molar-refractivity contribution in [2.45, 2.75) is 45.6 Å². The first-order chi connectivity index (χ1) is 13.9. The first-order valence-electron chi connectivity index (χ1n) is 9.71. The van der Waals surface area contributed by atoms with Gasteiger partial charge in [-0.25, -0.2) is 8.78 Å². The Morgan fingerprint density at radius 1 is 1.17 bits per heavy atom. The molecule has 4 heterocycles. The van der Waals surface area contributed by atoms with Gasteiger partial charge in [-0.05, 0) is 25.0 Å². The summed E-state index contributed by atoms with van der Waals surface area (Å²) in [6.07, 6.45) is 7.44. The summed E-state index contributed by atoms with van der Waals surface area (Å²) in [5.41, 5.74) is 1.29. The van der Waals surface area contributed by atoms with Crippen molar-refractivity contribution >= 4 is 23.4 Å². The van der Waals surface area contributed by atoms with Crippen molar-refractivity contribution in [1.82, 2.24) is 24.6 Å². The lowest BCUT2D eigenvalue weighted by Gasteiger charge is -2.41. The van der Waals surface area contributed by atoms with E-state index in [-0.39, 0.29) is 22.9 Å². The first-order valence-corrected chi connectivity index (χ1v) is 10.1. The quantitative estimate of drug-likeness (QED) is 0.694. The number of fused-ring (bicyclic) bond motifs is 2. The topological polar surface area (TPSA) is 40.4 Å². The SMILES string of the molecule is CC(C)c1nnc2n1CN(C1N3CCCC3=CN1c1cc(F)c(Cl)cc1F)C=C2. The van der Waals surface area contributed by atoms with E-state index in [0.29, 0.717) is 6.67 Å². The molecule has 6 nitrogen and oxygen atoms in total. The second kappa shape index (κ2) is 6.73. The van der Waals surface area contributed by atoms with Crippen molar-refractivity contribution < 1.29 is 8.78 Å². The third-order valence-corrected chi connectivity index (χ3v) is 5.91. The average Bonchev–Trinajstić information content (AvgIpc) is 3.37. The van der Waals surface area contributed by atoms with Gasteiger partial charge in [0, 0.05) is 36.6 Å². The van der Waals surface area contributed by atoms with E-state index >= 15 is 0 Å². The number of aromatic nitrogens is 3. The van der Waals surface area contributed by atoms with Crippen LogP contribution in [0.25, 0.3) is 6.08 Å². The van der Waals surface area contributed by atoms with Gasteiger partial charge in [-0.1, -0.05) is 25.4 Å². The summed E-state index contributed by atoms with van der Waals surface area (Å²) in [5.74, 6) is 0.746. The fourth-order valence-corrected chi connectivity index (χ4v) is 4.44. The molecule has 0 saturated carbocycles. The number of hydrogen-bond acceptors (Lipinski definition) is 5. The van der Waals surface area contributed by atoms with Gasteiger partial charge in [0.05, 0.1) is 10.7 Å². The summed E-state index contributed by atoms with van der Waals surface area (Å²) in [4.78, 5) is 6.13. The molecule has 0 radical (unpaired) electrons. The predicted molar refractivity (Wildman–Crippen MR) is 107 cm³/mol. The molecule has 1 fully saturated rings. The summed E-state index contributed by atoms with van der Waals surface area (Å²) < 4.78 is 31.0. The molecule has 3 aliphatic rings. The van der Waals surface area contributed by atoms with Crippen LogP contribution in [-0.4, -0.2) is 37.4 Å². The summed E-state index contributed by atoms with van der Waals surface area (Å²) in [5, 5.41) is 8.34. The summed E-state index contributed by atoms with van der Waals surface area (Å²) in [6.45, 7) is 5.55. The van der Waals surface area contributed by atoms with Crippen LogP contribution in [0, 0.1) is 11.6 Å². The molecule has 0 amide bonds. The number of hydrogen-bond donors (Lipinski definition) is 0. The Bertz CT molecular complexity index is 1030. The molecule has 29 heavy (non-hydrogen) atoms. The minimum Gasteiger partial charge on any atom is -0.336 e. The smallest absolute Gasteiger partial charge is 0.186 e. The van der Waals surface area contributed by atoms with Crippen molar-refractivity contribution in [1.29, 1.82) is 0 Å². The molecular weight excluding hydrogens is 398 g/mol. The molecule has 1 atom stereocenters. The highest BCUT2D eigenvalue weighted by molar-refractivity contribution is 6.30. The lowest BCUT2D eigenvalue weighted by molar-refractivity contribution is 0.108. The Morgan fingerprint density at radius 2 is 2.00 bits per heavy atom. The van der Waals surface area contributed by atoms with Crippen LogP contribution in [0.1, 0.15) is 44.3 Å². The fourth-order valence-electron chi connectivity index (χ4n) is 4.29. The second-order valence-corrected chi connectivity index (χ2v) is 8.27. The van der Waals surface area contributed by atoms with E-state index < -0.39 is 11.6 Å². The minimum absolute atomic E-state index is 0.172. The van der Waals surface area contributed by atoms with Gasteiger partial charge in [0.2, 0.25) is 0 Å². The lowest BCUT2D eigenvalue weighted by Crippen LogP contribution is -2.51. The van der Waals surface area contributed by atoms with Gasteiger partial charge in [0.25, 0.3) is 0 Å². The second-order valence-electron chi connectivity index (χ2n) is 7.86. The molecule has 5 rings (SSSR count).